The van der Waals surface area contributed by atoms with Crippen molar-refractivity contribution in [3.63, 3.8) is 0 Å². The van der Waals surface area contributed by atoms with Gasteiger partial charge in [-0.2, -0.15) is 0 Å². The van der Waals surface area contributed by atoms with E-state index in [2.05, 4.69) is 4.72 Å². The lowest BCUT2D eigenvalue weighted by atomic mass is 9.83. The summed E-state index contributed by atoms with van der Waals surface area (Å²) in [6.45, 7) is 3.50. The van der Waals surface area contributed by atoms with Gasteiger partial charge in [-0.3, -0.25) is 0 Å². The van der Waals surface area contributed by atoms with Crippen LogP contribution in [0.2, 0.25) is 5.02 Å². The minimum Gasteiger partial charge on any atom is -0.396 e. The van der Waals surface area contributed by atoms with Crippen LogP contribution in [0.15, 0.2) is 17.0 Å². The van der Waals surface area contributed by atoms with E-state index in [1.165, 1.54) is 0 Å². The van der Waals surface area contributed by atoms with E-state index in [-0.39, 0.29) is 27.6 Å². The maximum absolute atomic E-state index is 13.2. The van der Waals surface area contributed by atoms with Gasteiger partial charge in [-0.1, -0.05) is 18.5 Å². The topological polar surface area (TPSA) is 81.4 Å². The van der Waals surface area contributed by atoms with Crippen molar-refractivity contribution in [2.45, 2.75) is 24.7 Å². The first-order chi connectivity index (χ1) is 9.73. The fourth-order valence-electron chi connectivity index (χ4n) is 2.14. The van der Waals surface area contributed by atoms with Crippen molar-refractivity contribution in [3.05, 3.63) is 23.0 Å². The summed E-state index contributed by atoms with van der Waals surface area (Å²) >= 11 is 5.81. The lowest BCUT2D eigenvalue weighted by molar-refractivity contribution is 0.0265. The minimum atomic E-state index is -3.84. The van der Waals surface area contributed by atoms with Crippen LogP contribution in [-0.2, 0) is 14.8 Å². The molecule has 0 radical (unpaired) electrons. The number of nitrogens with one attached hydrogen (secondary N) is 1. The van der Waals surface area contributed by atoms with Gasteiger partial charge in [-0.25, -0.2) is 17.5 Å². The Kier molecular flexibility index (Phi) is 4.77. The average Bonchev–Trinajstić information content (AvgIpc) is 2.42. The Labute approximate surface area is 128 Å². The third-order valence-corrected chi connectivity index (χ3v) is 5.60. The van der Waals surface area contributed by atoms with Gasteiger partial charge in [0.05, 0.1) is 10.7 Å². The normalized spacial score (nSPS) is 18.6. The molecule has 0 aromatic heterocycles. The Morgan fingerprint density at radius 3 is 2.67 bits per heavy atom. The van der Waals surface area contributed by atoms with Crippen molar-refractivity contribution in [2.24, 2.45) is 5.41 Å². The molecular formula is C13H18ClFN2O3S. The molecule has 0 saturated carbocycles. The Bertz CT molecular complexity index is 631. The number of hydrogen-bond donors (Lipinski definition) is 2. The predicted octanol–water partition coefficient (Wildman–Crippen LogP) is 2.16. The number of sulfonamides is 1. The fourth-order valence-corrected chi connectivity index (χ4v) is 3.89. The van der Waals surface area contributed by atoms with Crippen LogP contribution in [0, 0.1) is 11.2 Å². The summed E-state index contributed by atoms with van der Waals surface area (Å²) in [6, 6.07) is 1.94. The summed E-state index contributed by atoms with van der Waals surface area (Å²) in [5, 5.41) is -0.189. The number of halogens is 2. The molecule has 0 spiro atoms. The molecule has 21 heavy (non-hydrogen) atoms. The van der Waals surface area contributed by atoms with Gasteiger partial charge in [0.15, 0.2) is 0 Å². The maximum atomic E-state index is 13.2. The van der Waals surface area contributed by atoms with Gasteiger partial charge in [-0.05, 0) is 30.4 Å². The van der Waals surface area contributed by atoms with Crippen molar-refractivity contribution >= 4 is 27.3 Å². The highest BCUT2D eigenvalue weighted by molar-refractivity contribution is 7.89. The van der Waals surface area contributed by atoms with Gasteiger partial charge in [-0.15, -0.1) is 0 Å². The van der Waals surface area contributed by atoms with E-state index in [9.17, 15) is 12.8 Å². The molecule has 1 fully saturated rings. The number of rotatable bonds is 4. The largest absolute Gasteiger partial charge is 0.396 e. The van der Waals surface area contributed by atoms with Crippen LogP contribution < -0.4 is 10.5 Å². The second kappa shape index (κ2) is 6.08. The van der Waals surface area contributed by atoms with Gasteiger partial charge in [0, 0.05) is 19.8 Å². The molecule has 0 atom stereocenters. The van der Waals surface area contributed by atoms with Crippen molar-refractivity contribution in [3.8, 4) is 0 Å². The van der Waals surface area contributed by atoms with E-state index < -0.39 is 15.8 Å². The number of hydrogen-bond acceptors (Lipinski definition) is 4. The fraction of sp³-hybridized carbons (Fsp3) is 0.538. The molecule has 1 aromatic carbocycles. The molecule has 0 bridgehead atoms. The van der Waals surface area contributed by atoms with E-state index >= 15 is 0 Å². The summed E-state index contributed by atoms with van der Waals surface area (Å²) < 4.78 is 45.6. The van der Waals surface area contributed by atoms with Gasteiger partial charge in [0.2, 0.25) is 10.0 Å². The third-order valence-electron chi connectivity index (χ3n) is 3.73. The molecular weight excluding hydrogens is 319 g/mol. The Balaban J connectivity index is 2.17. The number of nitrogens with two attached hydrogens (primary N) is 1. The smallest absolute Gasteiger partial charge is 0.242 e. The lowest BCUT2D eigenvalue weighted by Crippen LogP contribution is -2.39. The third kappa shape index (κ3) is 3.85. The molecule has 5 nitrogen and oxygen atoms in total. The zero-order valence-electron chi connectivity index (χ0n) is 11.7. The van der Waals surface area contributed by atoms with E-state index in [1.54, 1.807) is 0 Å². The second-order valence-electron chi connectivity index (χ2n) is 5.55. The molecule has 0 unspecified atom stereocenters. The maximum Gasteiger partial charge on any atom is 0.242 e. The van der Waals surface area contributed by atoms with Crippen LogP contribution in [0.1, 0.15) is 19.8 Å². The van der Waals surface area contributed by atoms with Crippen LogP contribution in [0.25, 0.3) is 0 Å². The second-order valence-corrected chi connectivity index (χ2v) is 7.69. The molecule has 1 aromatic rings. The van der Waals surface area contributed by atoms with Crippen LogP contribution >= 0.6 is 11.6 Å². The van der Waals surface area contributed by atoms with Crippen molar-refractivity contribution < 1.29 is 17.5 Å². The molecule has 1 aliphatic heterocycles. The predicted molar refractivity (Wildman–Crippen MR) is 79.2 cm³/mol. The summed E-state index contributed by atoms with van der Waals surface area (Å²) in [5.74, 6) is -0.740. The van der Waals surface area contributed by atoms with Crippen molar-refractivity contribution in [1.29, 1.82) is 0 Å². The number of benzene rings is 1. The van der Waals surface area contributed by atoms with E-state index in [0.29, 0.717) is 13.2 Å². The van der Waals surface area contributed by atoms with Gasteiger partial charge < -0.3 is 10.5 Å². The van der Waals surface area contributed by atoms with Crippen LogP contribution in [-0.4, -0.2) is 28.2 Å². The summed E-state index contributed by atoms with van der Waals surface area (Å²) in [6.07, 6.45) is 1.55. The summed E-state index contributed by atoms with van der Waals surface area (Å²) in [4.78, 5) is -0.210. The first-order valence-corrected chi connectivity index (χ1v) is 8.42. The lowest BCUT2D eigenvalue weighted by Gasteiger charge is -2.33. The van der Waals surface area contributed by atoms with Crippen LogP contribution in [0.4, 0.5) is 10.1 Å². The monoisotopic (exact) mass is 336 g/mol. The molecule has 118 valence electrons. The number of anilines is 1. The van der Waals surface area contributed by atoms with Crippen molar-refractivity contribution in [1.82, 2.24) is 4.72 Å². The van der Waals surface area contributed by atoms with E-state index in [1.807, 2.05) is 6.92 Å². The zero-order valence-corrected chi connectivity index (χ0v) is 13.2. The van der Waals surface area contributed by atoms with Crippen molar-refractivity contribution in [2.75, 3.05) is 25.5 Å². The molecule has 3 N–H and O–H groups in total. The summed E-state index contributed by atoms with van der Waals surface area (Å²) in [7, 11) is -3.84. The molecule has 1 saturated heterocycles. The molecule has 0 aliphatic carbocycles. The van der Waals surface area contributed by atoms with Gasteiger partial charge in [0.25, 0.3) is 0 Å². The molecule has 0 amide bonds. The standard InChI is InChI=1S/C13H18ClFN2O3S/c1-13(2-4-20-5-3-13)8-17-21(18,19)12-7-11(16)10(15)6-9(12)14/h6-7,17H,2-5,8,16H2,1H3. The van der Waals surface area contributed by atoms with E-state index in [0.717, 1.165) is 25.0 Å². The first kappa shape index (κ1) is 16.5. The Morgan fingerprint density at radius 1 is 1.43 bits per heavy atom. The summed E-state index contributed by atoms with van der Waals surface area (Å²) in [5.41, 5.74) is 4.99. The van der Waals surface area contributed by atoms with Crippen LogP contribution in [0.3, 0.4) is 0 Å². The molecule has 1 aliphatic rings. The SMILES string of the molecule is CC1(CNS(=O)(=O)c2cc(N)c(F)cc2Cl)CCOCC1. The quantitative estimate of drug-likeness (QED) is 0.825. The Hall–Kier alpha value is -0.890. The molecule has 2 rings (SSSR count). The number of ether oxygens (including phenoxy) is 1. The van der Waals surface area contributed by atoms with Crippen LogP contribution in [0.5, 0.6) is 0 Å². The number of nitrogen functional groups attached to an aromatic ring is 1. The average molecular weight is 337 g/mol. The van der Waals surface area contributed by atoms with Gasteiger partial charge >= 0.3 is 0 Å². The Morgan fingerprint density at radius 2 is 2.05 bits per heavy atom. The minimum absolute atomic E-state index is 0.163. The molecule has 1 heterocycles. The highest BCUT2D eigenvalue weighted by Gasteiger charge is 2.30. The van der Waals surface area contributed by atoms with E-state index in [4.69, 9.17) is 22.1 Å². The molecule has 8 heteroatoms. The zero-order chi connectivity index (χ0) is 15.7. The first-order valence-electron chi connectivity index (χ1n) is 6.55. The highest BCUT2D eigenvalue weighted by Crippen LogP contribution is 2.30. The highest BCUT2D eigenvalue weighted by atomic mass is 35.5. The van der Waals surface area contributed by atoms with Gasteiger partial charge in [0.1, 0.15) is 10.7 Å².